The maximum atomic E-state index is 12.4. The Hall–Kier alpha value is -1.81. The predicted molar refractivity (Wildman–Crippen MR) is 66.0 cm³/mol. The molecule has 3 N–H and O–H groups in total. The zero-order chi connectivity index (χ0) is 15.6. The van der Waals surface area contributed by atoms with Crippen LogP contribution >= 0.6 is 0 Å². The summed E-state index contributed by atoms with van der Waals surface area (Å²) < 4.78 is 61.0. The Labute approximate surface area is 113 Å². The van der Waals surface area contributed by atoms with Gasteiger partial charge in [-0.2, -0.15) is 13.2 Å². The molecule has 1 aromatic rings. The molecule has 0 aliphatic heterocycles. The summed E-state index contributed by atoms with van der Waals surface area (Å²) in [5.74, 6) is 4.06. The summed E-state index contributed by atoms with van der Waals surface area (Å²) in [4.78, 5) is 11.1. The van der Waals surface area contributed by atoms with Gasteiger partial charge in [0.05, 0.1) is 17.5 Å². The molecule has 0 fully saturated rings. The summed E-state index contributed by atoms with van der Waals surface area (Å²) in [6.45, 7) is -0.624. The molecule has 0 spiro atoms. The Kier molecular flexibility index (Phi) is 4.61. The van der Waals surface area contributed by atoms with E-state index in [0.29, 0.717) is 4.31 Å². The second-order valence-corrected chi connectivity index (χ2v) is 5.79. The lowest BCUT2D eigenvalue weighted by molar-refractivity contribution is -0.137. The first kappa shape index (κ1) is 16.2. The fourth-order valence-corrected chi connectivity index (χ4v) is 2.25. The quantitative estimate of drug-likeness (QED) is 0.480. The maximum absolute atomic E-state index is 12.4. The van der Waals surface area contributed by atoms with Crippen molar-refractivity contribution in [2.24, 2.45) is 5.84 Å². The van der Waals surface area contributed by atoms with Gasteiger partial charge in [-0.1, -0.05) is 0 Å². The molecule has 0 aliphatic carbocycles. The lowest BCUT2D eigenvalue weighted by Gasteiger charge is -2.21. The van der Waals surface area contributed by atoms with Gasteiger partial charge >= 0.3 is 6.18 Å². The van der Waals surface area contributed by atoms with Gasteiger partial charge in [-0.05, 0) is 24.3 Å². The van der Waals surface area contributed by atoms with E-state index in [1.165, 1.54) is 0 Å². The van der Waals surface area contributed by atoms with Crippen LogP contribution < -0.4 is 15.6 Å². The third kappa shape index (κ3) is 4.10. The minimum absolute atomic E-state index is 0.0656. The number of hydrogen-bond acceptors (Lipinski definition) is 4. The first-order chi connectivity index (χ1) is 9.05. The number of nitrogens with one attached hydrogen (secondary N) is 1. The summed E-state index contributed by atoms with van der Waals surface area (Å²) in [6, 6.07) is 3.39. The van der Waals surface area contributed by atoms with Crippen LogP contribution in [0.3, 0.4) is 0 Å². The lowest BCUT2D eigenvalue weighted by Crippen LogP contribution is -2.42. The van der Waals surface area contributed by atoms with E-state index in [2.05, 4.69) is 0 Å². The van der Waals surface area contributed by atoms with Crippen LogP contribution in [0.15, 0.2) is 24.3 Å². The molecule has 1 aromatic carbocycles. The monoisotopic (exact) mass is 311 g/mol. The van der Waals surface area contributed by atoms with E-state index in [1.54, 1.807) is 5.43 Å². The Morgan fingerprint density at radius 2 is 1.80 bits per heavy atom. The maximum Gasteiger partial charge on any atom is 0.416 e. The highest BCUT2D eigenvalue weighted by molar-refractivity contribution is 7.92. The zero-order valence-electron chi connectivity index (χ0n) is 10.3. The van der Waals surface area contributed by atoms with Gasteiger partial charge in [-0.25, -0.2) is 14.3 Å². The molecule has 0 saturated carbocycles. The van der Waals surface area contributed by atoms with E-state index in [9.17, 15) is 26.4 Å². The predicted octanol–water partition coefficient (Wildman–Crippen LogP) is 0.461. The molecular formula is C10H12F3N3O3S. The molecule has 6 nitrogen and oxygen atoms in total. The number of carbonyl (C=O) groups excluding carboxylic acids is 1. The van der Waals surface area contributed by atoms with Crippen LogP contribution in [0.2, 0.25) is 0 Å². The molecule has 1 amide bonds. The lowest BCUT2D eigenvalue weighted by atomic mass is 10.2. The Bertz CT molecular complexity index is 584. The van der Waals surface area contributed by atoms with Gasteiger partial charge in [0.15, 0.2) is 0 Å². The third-order valence-corrected chi connectivity index (χ3v) is 3.47. The van der Waals surface area contributed by atoms with E-state index in [-0.39, 0.29) is 5.69 Å². The minimum atomic E-state index is -4.52. The van der Waals surface area contributed by atoms with Crippen LogP contribution in [0.4, 0.5) is 18.9 Å². The summed E-state index contributed by atoms with van der Waals surface area (Å²) in [5.41, 5.74) is 0.764. The van der Waals surface area contributed by atoms with Gasteiger partial charge in [0.25, 0.3) is 5.91 Å². The molecule has 112 valence electrons. The highest BCUT2D eigenvalue weighted by Crippen LogP contribution is 2.30. The molecule has 0 bridgehead atoms. The molecule has 0 unspecified atom stereocenters. The molecule has 0 atom stereocenters. The van der Waals surface area contributed by atoms with Crippen molar-refractivity contribution in [2.75, 3.05) is 17.1 Å². The van der Waals surface area contributed by atoms with Crippen molar-refractivity contribution in [2.45, 2.75) is 6.18 Å². The Morgan fingerprint density at radius 1 is 1.30 bits per heavy atom. The fourth-order valence-electron chi connectivity index (χ4n) is 1.39. The molecule has 10 heteroatoms. The number of benzene rings is 1. The Balaban J connectivity index is 3.13. The summed E-state index contributed by atoms with van der Waals surface area (Å²) in [7, 11) is -3.84. The van der Waals surface area contributed by atoms with Crippen LogP contribution in [0.25, 0.3) is 0 Å². The first-order valence-electron chi connectivity index (χ1n) is 5.20. The van der Waals surface area contributed by atoms with Gasteiger partial charge in [-0.3, -0.25) is 14.5 Å². The Morgan fingerprint density at radius 3 is 2.15 bits per heavy atom. The largest absolute Gasteiger partial charge is 0.416 e. The SMILES string of the molecule is CS(=O)(=O)N(CC(=O)NN)c1ccc(C(F)(F)F)cc1. The van der Waals surface area contributed by atoms with Crippen molar-refractivity contribution in [3.8, 4) is 0 Å². The van der Waals surface area contributed by atoms with Crippen molar-refractivity contribution < 1.29 is 26.4 Å². The second-order valence-electron chi connectivity index (χ2n) is 3.88. The molecule has 0 aromatic heterocycles. The number of hydrazine groups is 1. The highest BCUT2D eigenvalue weighted by atomic mass is 32.2. The van der Waals surface area contributed by atoms with Crippen LogP contribution in [-0.4, -0.2) is 27.1 Å². The highest BCUT2D eigenvalue weighted by Gasteiger charge is 2.30. The molecule has 20 heavy (non-hydrogen) atoms. The first-order valence-corrected chi connectivity index (χ1v) is 7.05. The van der Waals surface area contributed by atoms with Crippen LogP contribution in [0.1, 0.15) is 5.56 Å². The fraction of sp³-hybridized carbons (Fsp3) is 0.300. The van der Waals surface area contributed by atoms with E-state index in [0.717, 1.165) is 30.5 Å². The van der Waals surface area contributed by atoms with Gasteiger partial charge in [-0.15, -0.1) is 0 Å². The summed E-state index contributed by atoms with van der Waals surface area (Å²) >= 11 is 0. The number of anilines is 1. The topological polar surface area (TPSA) is 92.5 Å². The summed E-state index contributed by atoms with van der Waals surface area (Å²) in [5, 5.41) is 0. The summed E-state index contributed by atoms with van der Waals surface area (Å²) in [6.07, 6.45) is -3.70. The minimum Gasteiger partial charge on any atom is -0.293 e. The van der Waals surface area contributed by atoms with Crippen molar-refractivity contribution >= 4 is 21.6 Å². The second kappa shape index (κ2) is 5.67. The average Bonchev–Trinajstić information content (AvgIpc) is 2.33. The van der Waals surface area contributed by atoms with Gasteiger partial charge in [0.1, 0.15) is 6.54 Å². The van der Waals surface area contributed by atoms with Gasteiger partial charge in [0.2, 0.25) is 10.0 Å². The molecule has 1 rings (SSSR count). The third-order valence-electron chi connectivity index (χ3n) is 2.33. The number of hydrogen-bond donors (Lipinski definition) is 2. The van der Waals surface area contributed by atoms with Crippen LogP contribution in [0, 0.1) is 0 Å². The molecule has 0 radical (unpaired) electrons. The number of carbonyl (C=O) groups is 1. The van der Waals surface area contributed by atoms with E-state index >= 15 is 0 Å². The van der Waals surface area contributed by atoms with E-state index in [4.69, 9.17) is 5.84 Å². The van der Waals surface area contributed by atoms with Gasteiger partial charge < -0.3 is 0 Å². The molecule has 0 heterocycles. The number of amides is 1. The van der Waals surface area contributed by atoms with Crippen molar-refractivity contribution in [3.63, 3.8) is 0 Å². The molecular weight excluding hydrogens is 299 g/mol. The van der Waals surface area contributed by atoms with E-state index in [1.807, 2.05) is 0 Å². The number of sulfonamides is 1. The molecule has 0 aliphatic rings. The van der Waals surface area contributed by atoms with Crippen molar-refractivity contribution in [1.82, 2.24) is 5.43 Å². The number of nitrogens with zero attached hydrogens (tertiary/aromatic N) is 1. The van der Waals surface area contributed by atoms with Crippen molar-refractivity contribution in [3.05, 3.63) is 29.8 Å². The van der Waals surface area contributed by atoms with Crippen LogP contribution in [-0.2, 0) is 21.0 Å². The number of rotatable bonds is 4. The smallest absolute Gasteiger partial charge is 0.293 e. The van der Waals surface area contributed by atoms with Gasteiger partial charge in [0, 0.05) is 0 Å². The standard InChI is InChI=1S/C10H12F3N3O3S/c1-20(18,19)16(6-9(17)15-14)8-4-2-7(3-5-8)10(11,12)13/h2-5H,6,14H2,1H3,(H,15,17). The number of nitrogens with two attached hydrogens (primary N) is 1. The number of halogens is 3. The zero-order valence-corrected chi connectivity index (χ0v) is 11.1. The average molecular weight is 311 g/mol. The molecule has 0 saturated heterocycles. The van der Waals surface area contributed by atoms with Crippen molar-refractivity contribution in [1.29, 1.82) is 0 Å². The normalized spacial score (nSPS) is 12.1. The number of alkyl halides is 3. The van der Waals surface area contributed by atoms with Crippen LogP contribution in [0.5, 0.6) is 0 Å². The van der Waals surface area contributed by atoms with E-state index < -0.39 is 34.2 Å².